The molecule has 2 N–H and O–H groups in total. The Morgan fingerprint density at radius 3 is 2.52 bits per heavy atom. The van der Waals surface area contributed by atoms with Gasteiger partial charge in [0, 0.05) is 5.56 Å². The van der Waals surface area contributed by atoms with Gasteiger partial charge in [0.2, 0.25) is 0 Å². The highest BCUT2D eigenvalue weighted by Crippen LogP contribution is 2.28. The Morgan fingerprint density at radius 1 is 1.10 bits per heavy atom. The number of carbonyl (C=O) groups is 1. The Bertz CT molecular complexity index is 1140. The molecule has 0 saturated heterocycles. The number of H-pyrrole nitrogens is 1. The van der Waals surface area contributed by atoms with Gasteiger partial charge in [-0.1, -0.05) is 0 Å². The number of halogens is 1. The van der Waals surface area contributed by atoms with Gasteiger partial charge in [-0.25, -0.2) is 14.6 Å². The Kier molecular flexibility index (Phi) is 7.10. The van der Waals surface area contributed by atoms with E-state index in [1.54, 1.807) is 18.2 Å². The molecule has 0 aliphatic rings. The summed E-state index contributed by atoms with van der Waals surface area (Å²) in [6, 6.07) is 12.1. The number of aromatic nitrogens is 2. The number of amides is 1. The second-order valence-electron chi connectivity index (χ2n) is 6.26. The molecule has 0 fully saturated rings. The zero-order chi connectivity index (χ0) is 22.2. The van der Waals surface area contributed by atoms with E-state index >= 15 is 0 Å². The quantitative estimate of drug-likeness (QED) is 0.427. The van der Waals surface area contributed by atoms with Crippen LogP contribution in [0.15, 0.2) is 58.4 Å². The number of hydrogen-bond donors (Lipinski definition) is 2. The minimum Gasteiger partial charge on any atom is -0.490 e. The molecule has 2 aromatic carbocycles. The number of nitrogens with zero attached hydrogens (tertiary/aromatic N) is 2. The average Bonchev–Trinajstić information content (AvgIpc) is 2.76. The third kappa shape index (κ3) is 5.75. The molecule has 0 radical (unpaired) electrons. The van der Waals surface area contributed by atoms with Gasteiger partial charge in [0.25, 0.3) is 5.91 Å². The molecule has 0 unspecified atom stereocenters. The van der Waals surface area contributed by atoms with Crippen LogP contribution in [-0.4, -0.2) is 35.3 Å². The second kappa shape index (κ2) is 10.1. The van der Waals surface area contributed by atoms with Crippen molar-refractivity contribution in [2.24, 2.45) is 5.10 Å². The van der Waals surface area contributed by atoms with Gasteiger partial charge in [0.15, 0.2) is 11.5 Å². The van der Waals surface area contributed by atoms with Crippen LogP contribution < -0.4 is 20.6 Å². The molecular formula is C22H21FN4O4. The van der Waals surface area contributed by atoms with Crippen molar-refractivity contribution >= 4 is 12.1 Å². The third-order valence-electron chi connectivity index (χ3n) is 4.08. The number of nitrogens with one attached hydrogen (secondary N) is 2. The standard InChI is InChI=1S/C22H21FN4O4/c1-3-30-19-10-5-14(11-20(19)31-4-2)13-24-27-21(28)18-12-17(25-22(29)26-18)15-6-8-16(23)9-7-15/h5-13H,3-4H2,1-2H3,(H,27,28)(H,25,26,29)/b24-13+. The SMILES string of the molecule is CCOc1ccc(/C=N/NC(=O)c2cc(-c3ccc(F)cc3)nc(=O)[nH]2)cc1OCC. The van der Waals surface area contributed by atoms with Gasteiger partial charge in [-0.05, 0) is 67.9 Å². The zero-order valence-electron chi connectivity index (χ0n) is 17.0. The Morgan fingerprint density at radius 2 is 1.81 bits per heavy atom. The molecule has 3 rings (SSSR count). The number of rotatable bonds is 8. The maximum absolute atomic E-state index is 13.1. The molecule has 9 heteroatoms. The molecule has 0 saturated carbocycles. The Balaban J connectivity index is 1.75. The van der Waals surface area contributed by atoms with Crippen LogP contribution in [0.3, 0.4) is 0 Å². The Labute approximate surface area is 177 Å². The Hall–Kier alpha value is -4.01. The average molecular weight is 424 g/mol. The van der Waals surface area contributed by atoms with E-state index in [2.05, 4.69) is 20.5 Å². The van der Waals surface area contributed by atoms with Gasteiger partial charge < -0.3 is 14.5 Å². The molecule has 3 aromatic rings. The molecule has 1 heterocycles. The normalized spacial score (nSPS) is 10.8. The first-order valence-corrected chi connectivity index (χ1v) is 9.60. The predicted molar refractivity (Wildman–Crippen MR) is 114 cm³/mol. The number of ether oxygens (including phenoxy) is 2. The first-order chi connectivity index (χ1) is 15.0. The van der Waals surface area contributed by atoms with Crippen molar-refractivity contribution in [1.82, 2.24) is 15.4 Å². The fourth-order valence-corrected chi connectivity index (χ4v) is 2.72. The third-order valence-corrected chi connectivity index (χ3v) is 4.08. The number of aromatic amines is 1. The van der Waals surface area contributed by atoms with Crippen LogP contribution in [0.1, 0.15) is 29.9 Å². The molecular weight excluding hydrogens is 403 g/mol. The van der Waals surface area contributed by atoms with E-state index in [1.165, 1.54) is 36.5 Å². The highest BCUT2D eigenvalue weighted by atomic mass is 19.1. The van der Waals surface area contributed by atoms with Crippen LogP contribution in [0.25, 0.3) is 11.3 Å². The van der Waals surface area contributed by atoms with Gasteiger partial charge in [0.05, 0.1) is 25.1 Å². The molecule has 0 atom stereocenters. The molecule has 0 bridgehead atoms. The number of hydrazone groups is 1. The van der Waals surface area contributed by atoms with Crippen molar-refractivity contribution in [2.45, 2.75) is 13.8 Å². The topological polar surface area (TPSA) is 106 Å². The highest BCUT2D eigenvalue weighted by molar-refractivity contribution is 5.94. The maximum atomic E-state index is 13.1. The summed E-state index contributed by atoms with van der Waals surface area (Å²) >= 11 is 0. The summed E-state index contributed by atoms with van der Waals surface area (Å²) in [6.45, 7) is 4.73. The van der Waals surface area contributed by atoms with Crippen LogP contribution in [0.4, 0.5) is 4.39 Å². The summed E-state index contributed by atoms with van der Waals surface area (Å²) < 4.78 is 24.2. The largest absolute Gasteiger partial charge is 0.490 e. The molecule has 0 aliphatic carbocycles. The summed E-state index contributed by atoms with van der Waals surface area (Å²) in [5.41, 5.74) is 3.05. The van der Waals surface area contributed by atoms with E-state index in [0.717, 1.165) is 0 Å². The lowest BCUT2D eigenvalue weighted by Gasteiger charge is -2.11. The minimum atomic E-state index is -0.705. The van der Waals surface area contributed by atoms with E-state index in [4.69, 9.17) is 9.47 Å². The van der Waals surface area contributed by atoms with Gasteiger partial charge >= 0.3 is 5.69 Å². The summed E-state index contributed by atoms with van der Waals surface area (Å²) in [6.07, 6.45) is 1.44. The number of hydrogen-bond acceptors (Lipinski definition) is 6. The lowest BCUT2D eigenvalue weighted by molar-refractivity contribution is 0.0949. The summed E-state index contributed by atoms with van der Waals surface area (Å²) in [5.74, 6) is 0.146. The van der Waals surface area contributed by atoms with Crippen LogP contribution in [0, 0.1) is 5.82 Å². The summed E-state index contributed by atoms with van der Waals surface area (Å²) in [7, 11) is 0. The number of benzene rings is 2. The van der Waals surface area contributed by atoms with Crippen LogP contribution >= 0.6 is 0 Å². The van der Waals surface area contributed by atoms with Crippen molar-refractivity contribution < 1.29 is 18.7 Å². The second-order valence-corrected chi connectivity index (χ2v) is 6.26. The van der Waals surface area contributed by atoms with Gasteiger partial charge in [-0.3, -0.25) is 4.79 Å². The van der Waals surface area contributed by atoms with Crippen LogP contribution in [0.2, 0.25) is 0 Å². The van der Waals surface area contributed by atoms with Gasteiger partial charge in [-0.2, -0.15) is 10.1 Å². The molecule has 160 valence electrons. The monoisotopic (exact) mass is 424 g/mol. The summed E-state index contributed by atoms with van der Waals surface area (Å²) in [4.78, 5) is 30.4. The highest BCUT2D eigenvalue weighted by Gasteiger charge is 2.11. The molecule has 31 heavy (non-hydrogen) atoms. The fraction of sp³-hybridized carbons (Fsp3) is 0.182. The van der Waals surface area contributed by atoms with E-state index in [1.807, 2.05) is 13.8 Å². The van der Waals surface area contributed by atoms with Crippen LogP contribution in [0.5, 0.6) is 11.5 Å². The first kappa shape index (κ1) is 21.7. The van der Waals surface area contributed by atoms with Crippen molar-refractivity contribution in [1.29, 1.82) is 0 Å². The number of carbonyl (C=O) groups excluding carboxylic acids is 1. The molecule has 1 amide bonds. The molecule has 1 aromatic heterocycles. The zero-order valence-corrected chi connectivity index (χ0v) is 17.0. The van der Waals surface area contributed by atoms with E-state index in [9.17, 15) is 14.0 Å². The molecule has 0 aliphatic heterocycles. The van der Waals surface area contributed by atoms with Crippen molar-refractivity contribution in [2.75, 3.05) is 13.2 Å². The van der Waals surface area contributed by atoms with Crippen molar-refractivity contribution in [3.05, 3.63) is 76.1 Å². The maximum Gasteiger partial charge on any atom is 0.346 e. The van der Waals surface area contributed by atoms with Gasteiger partial charge in [-0.15, -0.1) is 0 Å². The van der Waals surface area contributed by atoms with E-state index in [0.29, 0.717) is 35.8 Å². The fourth-order valence-electron chi connectivity index (χ4n) is 2.72. The van der Waals surface area contributed by atoms with Crippen molar-refractivity contribution in [3.63, 3.8) is 0 Å². The smallest absolute Gasteiger partial charge is 0.346 e. The minimum absolute atomic E-state index is 0.0295. The predicted octanol–water partition coefficient (Wildman–Crippen LogP) is 3.14. The van der Waals surface area contributed by atoms with E-state index < -0.39 is 17.4 Å². The lowest BCUT2D eigenvalue weighted by atomic mass is 10.1. The summed E-state index contributed by atoms with van der Waals surface area (Å²) in [5, 5.41) is 3.93. The lowest BCUT2D eigenvalue weighted by Crippen LogP contribution is -2.24. The van der Waals surface area contributed by atoms with Gasteiger partial charge in [0.1, 0.15) is 11.5 Å². The van der Waals surface area contributed by atoms with E-state index in [-0.39, 0.29) is 11.4 Å². The first-order valence-electron chi connectivity index (χ1n) is 9.60. The molecule has 0 spiro atoms. The van der Waals surface area contributed by atoms with Crippen LogP contribution in [-0.2, 0) is 0 Å². The van der Waals surface area contributed by atoms with Crippen molar-refractivity contribution in [3.8, 4) is 22.8 Å². The molecule has 8 nitrogen and oxygen atoms in total.